The minimum absolute atomic E-state index is 0.0418. The number of hydrogen-bond acceptors (Lipinski definition) is 3. The molecule has 1 fully saturated rings. The average molecular weight is 365 g/mol. The van der Waals surface area contributed by atoms with E-state index in [4.69, 9.17) is 0 Å². The normalized spacial score (nSPS) is 18.0. The minimum Gasteiger partial charge on any atom is -0.345 e. The van der Waals surface area contributed by atoms with E-state index < -0.39 is 0 Å². The third-order valence-corrected chi connectivity index (χ3v) is 5.29. The van der Waals surface area contributed by atoms with Crippen molar-refractivity contribution >= 4 is 17.5 Å². The van der Waals surface area contributed by atoms with Crippen molar-refractivity contribution in [3.63, 3.8) is 0 Å². The van der Waals surface area contributed by atoms with E-state index in [0.717, 1.165) is 35.2 Å². The molecule has 0 radical (unpaired) electrons. The Morgan fingerprint density at radius 2 is 1.93 bits per heavy atom. The van der Waals surface area contributed by atoms with E-state index in [1.807, 2.05) is 44.3 Å². The van der Waals surface area contributed by atoms with E-state index in [9.17, 15) is 9.59 Å². The van der Waals surface area contributed by atoms with Gasteiger partial charge in [0.2, 0.25) is 11.8 Å². The van der Waals surface area contributed by atoms with Crippen molar-refractivity contribution in [2.24, 2.45) is 11.8 Å². The first-order chi connectivity index (χ1) is 13.0. The zero-order chi connectivity index (χ0) is 19.4. The summed E-state index contributed by atoms with van der Waals surface area (Å²) in [5.74, 6) is -0.392. The Hall–Kier alpha value is -2.69. The van der Waals surface area contributed by atoms with Crippen LogP contribution in [0.4, 0.5) is 5.69 Å². The van der Waals surface area contributed by atoms with Crippen LogP contribution in [0.1, 0.15) is 30.0 Å². The maximum absolute atomic E-state index is 12.6. The van der Waals surface area contributed by atoms with Crippen molar-refractivity contribution in [1.29, 1.82) is 0 Å². The highest BCUT2D eigenvalue weighted by Crippen LogP contribution is 2.41. The Labute approximate surface area is 160 Å². The number of nitrogens with one attached hydrogen (secondary N) is 1. The Kier molecular flexibility index (Phi) is 5.89. The largest absolute Gasteiger partial charge is 0.345 e. The predicted octanol–water partition coefficient (Wildman–Crippen LogP) is 3.23. The molecule has 0 saturated heterocycles. The first kappa shape index (κ1) is 19.1. The number of likely N-dealkylation sites (N-methyl/N-ethyl adjacent to an activating group) is 1. The Bertz CT molecular complexity index is 820. The molecule has 5 heteroatoms. The van der Waals surface area contributed by atoms with Crippen molar-refractivity contribution in [2.75, 3.05) is 18.9 Å². The van der Waals surface area contributed by atoms with Gasteiger partial charge in [-0.3, -0.25) is 14.6 Å². The highest BCUT2D eigenvalue weighted by atomic mass is 16.2. The summed E-state index contributed by atoms with van der Waals surface area (Å²) in [6.07, 6.45) is 5.81. The minimum atomic E-state index is -0.217. The van der Waals surface area contributed by atoms with Gasteiger partial charge in [-0.1, -0.05) is 25.1 Å². The molecular formula is C22H27N3O2. The molecule has 0 aliphatic heterocycles. The van der Waals surface area contributed by atoms with Gasteiger partial charge in [-0.25, -0.2) is 0 Å². The summed E-state index contributed by atoms with van der Waals surface area (Å²) < 4.78 is 0. The van der Waals surface area contributed by atoms with Gasteiger partial charge in [-0.05, 0) is 55.0 Å². The summed E-state index contributed by atoms with van der Waals surface area (Å²) in [5, 5.41) is 3.06. The topological polar surface area (TPSA) is 62.3 Å². The lowest BCUT2D eigenvalue weighted by Crippen LogP contribution is -2.31. The maximum Gasteiger partial charge on any atom is 0.228 e. The van der Waals surface area contributed by atoms with Gasteiger partial charge in [0.1, 0.15) is 0 Å². The number of aromatic nitrogens is 1. The summed E-state index contributed by atoms with van der Waals surface area (Å²) in [6.45, 7) is 4.72. The first-order valence-electron chi connectivity index (χ1n) is 9.54. The molecule has 1 aromatic heterocycles. The Morgan fingerprint density at radius 1 is 1.19 bits per heavy atom. The smallest absolute Gasteiger partial charge is 0.228 e. The molecule has 5 nitrogen and oxygen atoms in total. The molecule has 2 aromatic rings. The molecule has 2 unspecified atom stereocenters. The van der Waals surface area contributed by atoms with Crippen LogP contribution in [0.3, 0.4) is 0 Å². The summed E-state index contributed by atoms with van der Waals surface area (Å²) in [6, 6.07) is 9.95. The van der Waals surface area contributed by atoms with Gasteiger partial charge in [-0.2, -0.15) is 0 Å². The maximum atomic E-state index is 12.6. The number of carbonyl (C=O) groups is 2. The number of rotatable bonds is 7. The fourth-order valence-electron chi connectivity index (χ4n) is 3.42. The Morgan fingerprint density at radius 3 is 2.63 bits per heavy atom. The standard InChI is InChI=1S/C22H27N3O2/c1-4-17-7-5-6-15(2)20(17)24-21(26)18-14-19(18)22(27)25(3)13-10-16-8-11-23-12-9-16/h5-9,11-12,18-19H,4,10,13-14H2,1-3H3,(H,24,26). The highest BCUT2D eigenvalue weighted by molar-refractivity contribution is 6.00. The molecule has 1 saturated carbocycles. The van der Waals surface area contributed by atoms with E-state index in [1.54, 1.807) is 17.3 Å². The monoisotopic (exact) mass is 365 g/mol. The lowest BCUT2D eigenvalue weighted by Gasteiger charge is -2.17. The van der Waals surface area contributed by atoms with E-state index in [-0.39, 0.29) is 23.7 Å². The van der Waals surface area contributed by atoms with Crippen LogP contribution in [0, 0.1) is 18.8 Å². The fraction of sp³-hybridized carbons (Fsp3) is 0.409. The van der Waals surface area contributed by atoms with Gasteiger partial charge in [-0.15, -0.1) is 0 Å². The number of nitrogens with zero attached hydrogens (tertiary/aromatic N) is 2. The summed E-state index contributed by atoms with van der Waals surface area (Å²) in [7, 11) is 1.81. The second-order valence-corrected chi connectivity index (χ2v) is 7.27. The second kappa shape index (κ2) is 8.33. The van der Waals surface area contributed by atoms with Gasteiger partial charge in [0, 0.05) is 31.7 Å². The molecule has 1 heterocycles. The second-order valence-electron chi connectivity index (χ2n) is 7.27. The van der Waals surface area contributed by atoms with Crippen molar-refractivity contribution in [1.82, 2.24) is 9.88 Å². The van der Waals surface area contributed by atoms with E-state index >= 15 is 0 Å². The summed E-state index contributed by atoms with van der Waals surface area (Å²) >= 11 is 0. The predicted molar refractivity (Wildman–Crippen MR) is 106 cm³/mol. The van der Waals surface area contributed by atoms with Crippen LogP contribution in [-0.4, -0.2) is 35.3 Å². The van der Waals surface area contributed by atoms with Crippen LogP contribution >= 0.6 is 0 Å². The van der Waals surface area contributed by atoms with Gasteiger partial charge in [0.15, 0.2) is 0 Å². The number of para-hydroxylation sites is 1. The third kappa shape index (κ3) is 4.54. The molecule has 142 valence electrons. The molecule has 27 heavy (non-hydrogen) atoms. The number of aryl methyl sites for hydroxylation is 2. The molecule has 2 amide bonds. The van der Waals surface area contributed by atoms with Gasteiger partial charge in [0.05, 0.1) is 11.8 Å². The number of pyridine rings is 1. The zero-order valence-electron chi connectivity index (χ0n) is 16.2. The quantitative estimate of drug-likeness (QED) is 0.819. The van der Waals surface area contributed by atoms with Crippen molar-refractivity contribution < 1.29 is 9.59 Å². The Balaban J connectivity index is 1.54. The summed E-state index contributed by atoms with van der Waals surface area (Å²) in [4.78, 5) is 31.0. The third-order valence-electron chi connectivity index (χ3n) is 5.29. The van der Waals surface area contributed by atoms with Crippen LogP contribution in [0.2, 0.25) is 0 Å². The number of hydrogen-bond donors (Lipinski definition) is 1. The summed E-state index contributed by atoms with van der Waals surface area (Å²) in [5.41, 5.74) is 4.23. The van der Waals surface area contributed by atoms with Crippen molar-refractivity contribution in [3.05, 3.63) is 59.4 Å². The molecule has 1 N–H and O–H groups in total. The lowest BCUT2D eigenvalue weighted by atomic mass is 10.1. The van der Waals surface area contributed by atoms with E-state index in [0.29, 0.717) is 13.0 Å². The molecule has 3 rings (SSSR count). The highest BCUT2D eigenvalue weighted by Gasteiger charge is 2.49. The molecule has 2 atom stereocenters. The van der Waals surface area contributed by atoms with Crippen LogP contribution < -0.4 is 5.32 Å². The number of carbonyl (C=O) groups excluding carboxylic acids is 2. The van der Waals surface area contributed by atoms with E-state index in [2.05, 4.69) is 17.2 Å². The van der Waals surface area contributed by atoms with Crippen LogP contribution in [0.15, 0.2) is 42.7 Å². The first-order valence-corrected chi connectivity index (χ1v) is 9.54. The van der Waals surface area contributed by atoms with E-state index in [1.165, 1.54) is 0 Å². The van der Waals surface area contributed by atoms with Crippen LogP contribution in [-0.2, 0) is 22.4 Å². The molecule has 1 aromatic carbocycles. The number of amides is 2. The molecular weight excluding hydrogens is 338 g/mol. The number of anilines is 1. The zero-order valence-corrected chi connectivity index (χ0v) is 16.2. The lowest BCUT2D eigenvalue weighted by molar-refractivity contribution is -0.132. The SMILES string of the molecule is CCc1cccc(C)c1NC(=O)C1CC1C(=O)N(C)CCc1ccncc1. The van der Waals surface area contributed by atoms with Crippen molar-refractivity contribution in [3.8, 4) is 0 Å². The van der Waals surface area contributed by atoms with Gasteiger partial charge >= 0.3 is 0 Å². The van der Waals surface area contributed by atoms with Gasteiger partial charge < -0.3 is 10.2 Å². The molecule has 0 bridgehead atoms. The molecule has 1 aliphatic carbocycles. The fourth-order valence-corrected chi connectivity index (χ4v) is 3.42. The number of benzene rings is 1. The van der Waals surface area contributed by atoms with Crippen LogP contribution in [0.25, 0.3) is 0 Å². The van der Waals surface area contributed by atoms with Crippen molar-refractivity contribution in [2.45, 2.75) is 33.1 Å². The van der Waals surface area contributed by atoms with Crippen LogP contribution in [0.5, 0.6) is 0 Å². The molecule has 0 spiro atoms. The average Bonchev–Trinajstić information content (AvgIpc) is 3.48. The molecule has 1 aliphatic rings. The van der Waals surface area contributed by atoms with Gasteiger partial charge in [0.25, 0.3) is 0 Å².